The first-order valence-corrected chi connectivity index (χ1v) is 11.1. The van der Waals surface area contributed by atoms with E-state index in [9.17, 15) is 23.2 Å². The van der Waals surface area contributed by atoms with E-state index in [4.69, 9.17) is 17.3 Å². The van der Waals surface area contributed by atoms with Crippen LogP contribution in [0.5, 0.6) is 0 Å². The summed E-state index contributed by atoms with van der Waals surface area (Å²) in [5.74, 6) is -0.821. The zero-order valence-corrected chi connectivity index (χ0v) is 18.8. The molecule has 1 aromatic carbocycles. The number of Topliss-reactive ketones (excluding diaryl/α,β-unsaturated/α-hetero) is 1. The largest absolute Gasteiger partial charge is 0.416 e. The van der Waals surface area contributed by atoms with Gasteiger partial charge in [0, 0.05) is 22.6 Å². The van der Waals surface area contributed by atoms with Gasteiger partial charge in [-0.25, -0.2) is 0 Å². The summed E-state index contributed by atoms with van der Waals surface area (Å²) in [4.78, 5) is 15.5. The molecule has 2 aliphatic rings. The van der Waals surface area contributed by atoms with Gasteiger partial charge in [0.15, 0.2) is 5.78 Å². The topological polar surface area (TPSA) is 70.1 Å². The van der Waals surface area contributed by atoms with Crippen molar-refractivity contribution < 1.29 is 18.0 Å². The molecule has 9 heteroatoms. The van der Waals surface area contributed by atoms with Crippen LogP contribution in [0, 0.1) is 16.7 Å². The van der Waals surface area contributed by atoms with Gasteiger partial charge in [-0.3, -0.25) is 9.69 Å². The predicted molar refractivity (Wildman–Crippen MR) is 118 cm³/mol. The van der Waals surface area contributed by atoms with E-state index in [2.05, 4.69) is 6.07 Å². The molecule has 0 bridgehead atoms. The summed E-state index contributed by atoms with van der Waals surface area (Å²) in [6.45, 7) is 3.83. The lowest BCUT2D eigenvalue weighted by molar-refractivity contribution is -0.137. The van der Waals surface area contributed by atoms with Crippen molar-refractivity contribution in [3.05, 3.63) is 73.8 Å². The number of halogens is 4. The quantitative estimate of drug-likeness (QED) is 0.546. The number of allylic oxidation sites excluding steroid dienone is 3. The Hall–Kier alpha value is -2.76. The molecule has 0 unspecified atom stereocenters. The highest BCUT2D eigenvalue weighted by molar-refractivity contribution is 7.10. The molecule has 0 saturated carbocycles. The van der Waals surface area contributed by atoms with E-state index in [-0.39, 0.29) is 34.3 Å². The van der Waals surface area contributed by atoms with Gasteiger partial charge in [-0.1, -0.05) is 31.5 Å². The maximum atomic E-state index is 13.5. The second-order valence-corrected chi connectivity index (χ2v) is 10.0. The number of carbonyl (C=O) groups excluding carboxylic acids is 1. The van der Waals surface area contributed by atoms with Crippen LogP contribution in [0.3, 0.4) is 0 Å². The van der Waals surface area contributed by atoms with Gasteiger partial charge in [0.2, 0.25) is 0 Å². The second kappa shape index (κ2) is 7.68. The SMILES string of the molecule is CC1(C)CC(=O)C2=C(C1)N(c1cc(C(F)(F)F)ccc1Cl)C(N)=C(C#N)[C@H]2c1cccs1. The minimum Gasteiger partial charge on any atom is -0.384 e. The van der Waals surface area contributed by atoms with E-state index in [1.54, 1.807) is 0 Å². The monoisotopic (exact) mass is 477 g/mol. The molecule has 0 fully saturated rings. The lowest BCUT2D eigenvalue weighted by Crippen LogP contribution is -2.42. The third kappa shape index (κ3) is 3.70. The molecule has 1 atom stereocenters. The van der Waals surface area contributed by atoms with Crippen LogP contribution in [0.1, 0.15) is 43.0 Å². The number of benzene rings is 1. The minimum absolute atomic E-state index is 0.00521. The van der Waals surface area contributed by atoms with Crippen LogP contribution in [0.2, 0.25) is 5.02 Å². The Morgan fingerprint density at radius 1 is 1.28 bits per heavy atom. The van der Waals surface area contributed by atoms with Crippen LogP contribution >= 0.6 is 22.9 Å². The lowest BCUT2D eigenvalue weighted by atomic mass is 9.69. The van der Waals surface area contributed by atoms with Crippen LogP contribution in [0.15, 0.2) is 58.4 Å². The molecule has 0 spiro atoms. The molecule has 1 aromatic heterocycles. The Labute approximate surface area is 192 Å². The lowest BCUT2D eigenvalue weighted by Gasteiger charge is -2.43. The minimum atomic E-state index is -4.59. The molecular weight excluding hydrogens is 459 g/mol. The fourth-order valence-electron chi connectivity index (χ4n) is 4.38. The molecule has 0 saturated heterocycles. The maximum absolute atomic E-state index is 13.5. The first-order chi connectivity index (χ1) is 14.9. The van der Waals surface area contributed by atoms with Crippen molar-refractivity contribution in [1.29, 1.82) is 5.26 Å². The van der Waals surface area contributed by atoms with Crippen LogP contribution in [-0.4, -0.2) is 5.78 Å². The number of nitrogens with two attached hydrogens (primary N) is 1. The van der Waals surface area contributed by atoms with E-state index in [0.717, 1.165) is 23.1 Å². The van der Waals surface area contributed by atoms with Crippen molar-refractivity contribution in [3.63, 3.8) is 0 Å². The summed E-state index contributed by atoms with van der Waals surface area (Å²) in [6.07, 6.45) is -3.94. The van der Waals surface area contributed by atoms with Gasteiger partial charge >= 0.3 is 6.18 Å². The van der Waals surface area contributed by atoms with Crippen molar-refractivity contribution in [3.8, 4) is 6.07 Å². The zero-order chi connectivity index (χ0) is 23.4. The number of rotatable bonds is 2. The fraction of sp³-hybridized carbons (Fsp3) is 0.304. The molecule has 32 heavy (non-hydrogen) atoms. The Kier molecular flexibility index (Phi) is 5.38. The van der Waals surface area contributed by atoms with E-state index in [0.29, 0.717) is 17.7 Å². The molecule has 4 nitrogen and oxygen atoms in total. The van der Waals surface area contributed by atoms with E-state index >= 15 is 0 Å². The Morgan fingerprint density at radius 2 is 2.00 bits per heavy atom. The Morgan fingerprint density at radius 3 is 2.59 bits per heavy atom. The molecule has 0 radical (unpaired) electrons. The van der Waals surface area contributed by atoms with Gasteiger partial charge in [-0.05, 0) is 41.5 Å². The summed E-state index contributed by atoms with van der Waals surface area (Å²) >= 11 is 7.73. The van der Waals surface area contributed by atoms with Crippen molar-refractivity contribution in [2.45, 2.75) is 38.8 Å². The predicted octanol–water partition coefficient (Wildman–Crippen LogP) is 6.36. The number of nitriles is 1. The summed E-state index contributed by atoms with van der Waals surface area (Å²) in [6, 6.07) is 8.69. The average Bonchev–Trinajstić information content (AvgIpc) is 3.20. The Balaban J connectivity index is 2.02. The average molecular weight is 478 g/mol. The van der Waals surface area contributed by atoms with E-state index < -0.39 is 23.1 Å². The van der Waals surface area contributed by atoms with Crippen molar-refractivity contribution in [2.75, 3.05) is 4.90 Å². The highest BCUT2D eigenvalue weighted by Crippen LogP contribution is 2.52. The summed E-state index contributed by atoms with van der Waals surface area (Å²) < 4.78 is 40.4. The first-order valence-electron chi connectivity index (χ1n) is 9.81. The molecule has 2 heterocycles. The molecule has 1 aliphatic heterocycles. The highest BCUT2D eigenvalue weighted by Gasteiger charge is 2.45. The molecule has 0 amide bonds. The van der Waals surface area contributed by atoms with Crippen LogP contribution in [-0.2, 0) is 11.0 Å². The van der Waals surface area contributed by atoms with Gasteiger partial charge in [-0.2, -0.15) is 18.4 Å². The molecular formula is C23H19ClF3N3OS. The van der Waals surface area contributed by atoms with Gasteiger partial charge < -0.3 is 5.73 Å². The smallest absolute Gasteiger partial charge is 0.384 e. The van der Waals surface area contributed by atoms with Crippen LogP contribution < -0.4 is 10.6 Å². The number of hydrogen-bond donors (Lipinski definition) is 1. The Bertz CT molecular complexity index is 1210. The van der Waals surface area contributed by atoms with Gasteiger partial charge in [0.25, 0.3) is 0 Å². The van der Waals surface area contributed by atoms with Crippen molar-refractivity contribution in [1.82, 2.24) is 0 Å². The number of alkyl halides is 3. The number of anilines is 1. The molecule has 2 aromatic rings. The van der Waals surface area contributed by atoms with Gasteiger partial charge in [0.1, 0.15) is 5.82 Å². The summed E-state index contributed by atoms with van der Waals surface area (Å²) in [5.41, 5.74) is 6.10. The highest BCUT2D eigenvalue weighted by atomic mass is 35.5. The number of carbonyl (C=O) groups is 1. The zero-order valence-electron chi connectivity index (χ0n) is 17.3. The summed E-state index contributed by atoms with van der Waals surface area (Å²) in [5, 5.41) is 11.8. The number of thiophene rings is 1. The number of nitrogens with zero attached hydrogens (tertiary/aromatic N) is 2. The maximum Gasteiger partial charge on any atom is 0.416 e. The summed E-state index contributed by atoms with van der Waals surface area (Å²) in [7, 11) is 0. The standard InChI is InChI=1S/C23H19ClF3N3OS/c1-22(2)9-16-20(17(31)10-22)19(18-4-3-7-32-18)13(11-28)21(29)30(16)15-8-12(23(25,26)27)5-6-14(15)24/h3-8,19H,9-10,29H2,1-2H3/t19-/m0/s1. The molecule has 166 valence electrons. The van der Waals surface area contributed by atoms with Crippen LogP contribution in [0.25, 0.3) is 0 Å². The van der Waals surface area contributed by atoms with E-state index in [1.165, 1.54) is 16.2 Å². The normalized spacial score (nSPS) is 21.0. The third-order valence-electron chi connectivity index (χ3n) is 5.72. The van der Waals surface area contributed by atoms with Crippen molar-refractivity contribution in [2.24, 2.45) is 11.1 Å². The van der Waals surface area contributed by atoms with Gasteiger partial charge in [-0.15, -0.1) is 11.3 Å². The number of hydrogen-bond acceptors (Lipinski definition) is 5. The van der Waals surface area contributed by atoms with Crippen LogP contribution in [0.4, 0.5) is 18.9 Å². The van der Waals surface area contributed by atoms with E-state index in [1.807, 2.05) is 31.4 Å². The van der Waals surface area contributed by atoms with Crippen molar-refractivity contribution >= 4 is 34.4 Å². The second-order valence-electron chi connectivity index (χ2n) is 8.66. The molecule has 4 rings (SSSR count). The number of ketones is 1. The third-order valence-corrected chi connectivity index (χ3v) is 6.98. The fourth-order valence-corrected chi connectivity index (χ4v) is 5.43. The molecule has 1 aliphatic carbocycles. The van der Waals surface area contributed by atoms with Gasteiger partial charge in [0.05, 0.1) is 33.8 Å². The first kappa shape index (κ1) is 22.4. The molecule has 2 N–H and O–H groups in total.